The molecule has 2 fully saturated rings. The van der Waals surface area contributed by atoms with Crippen LogP contribution in [0.3, 0.4) is 0 Å². The van der Waals surface area contributed by atoms with Crippen molar-refractivity contribution in [1.82, 2.24) is 24.7 Å². The van der Waals surface area contributed by atoms with Gasteiger partial charge in [0.2, 0.25) is 5.95 Å². The molecule has 5 rings (SSSR count). The fourth-order valence-corrected chi connectivity index (χ4v) is 4.38. The van der Waals surface area contributed by atoms with Gasteiger partial charge in [0.15, 0.2) is 5.82 Å². The number of ether oxygens (including phenoxy) is 1. The number of aliphatic hydroxyl groups excluding tert-OH is 1. The molecule has 0 saturated carbocycles. The number of pyridine rings is 1. The van der Waals surface area contributed by atoms with Crippen molar-refractivity contribution in [1.29, 1.82) is 0 Å². The Balaban J connectivity index is 1.42. The van der Waals surface area contributed by atoms with Crippen LogP contribution in [0, 0.1) is 0 Å². The summed E-state index contributed by atoms with van der Waals surface area (Å²) in [5, 5.41) is 18.9. The fraction of sp³-hybridized carbons (Fsp3) is 0.565. The highest BCUT2D eigenvalue weighted by Gasteiger charge is 2.29. The fourth-order valence-electron chi connectivity index (χ4n) is 4.38. The molecule has 2 N–H and O–H groups in total. The largest absolute Gasteiger partial charge is 0.390 e. The highest BCUT2D eigenvalue weighted by Crippen LogP contribution is 2.31. The summed E-state index contributed by atoms with van der Waals surface area (Å²) >= 11 is 0. The number of aliphatic hydroxyl groups is 1. The summed E-state index contributed by atoms with van der Waals surface area (Å²) in [6.07, 6.45) is 2.58. The molecule has 2 aliphatic rings. The van der Waals surface area contributed by atoms with Gasteiger partial charge in [-0.3, -0.25) is 4.68 Å². The molecule has 3 aromatic rings. The molecular formula is C23H31FN8O2. The Morgan fingerprint density at radius 3 is 2.79 bits per heavy atom. The van der Waals surface area contributed by atoms with Gasteiger partial charge in [0.25, 0.3) is 0 Å². The lowest BCUT2D eigenvalue weighted by atomic mass is 10.1. The molecule has 11 heteroatoms. The molecule has 0 spiro atoms. The van der Waals surface area contributed by atoms with E-state index in [0.29, 0.717) is 43.8 Å². The summed E-state index contributed by atoms with van der Waals surface area (Å²) in [4.78, 5) is 17.5. The molecule has 2 saturated heterocycles. The van der Waals surface area contributed by atoms with Gasteiger partial charge in [0.1, 0.15) is 17.8 Å². The molecule has 0 unspecified atom stereocenters. The van der Waals surface area contributed by atoms with Crippen molar-refractivity contribution in [2.24, 2.45) is 0 Å². The number of halogens is 1. The number of hydrogen-bond acceptors (Lipinski definition) is 9. The predicted molar refractivity (Wildman–Crippen MR) is 129 cm³/mol. The summed E-state index contributed by atoms with van der Waals surface area (Å²) in [5.41, 5.74) is 1.01. The summed E-state index contributed by atoms with van der Waals surface area (Å²) in [6.45, 7) is 7.90. The second-order valence-corrected chi connectivity index (χ2v) is 8.90. The molecule has 182 valence electrons. The predicted octanol–water partition coefficient (Wildman–Crippen LogP) is 2.68. The highest BCUT2D eigenvalue weighted by molar-refractivity contribution is 5.92. The molecule has 0 amide bonds. The average molecular weight is 471 g/mol. The van der Waals surface area contributed by atoms with Crippen LogP contribution in [0.1, 0.15) is 32.7 Å². The quantitative estimate of drug-likeness (QED) is 0.563. The Morgan fingerprint density at radius 2 is 2.03 bits per heavy atom. The number of nitrogens with one attached hydrogen (secondary N) is 1. The van der Waals surface area contributed by atoms with E-state index in [1.165, 1.54) is 0 Å². The van der Waals surface area contributed by atoms with E-state index in [1.54, 1.807) is 17.2 Å². The van der Waals surface area contributed by atoms with Crippen LogP contribution in [0.15, 0.2) is 24.5 Å². The molecule has 0 radical (unpaired) electrons. The van der Waals surface area contributed by atoms with Gasteiger partial charge in [0, 0.05) is 44.1 Å². The Bertz CT molecular complexity index is 1140. The van der Waals surface area contributed by atoms with Gasteiger partial charge in [-0.05, 0) is 25.8 Å². The lowest BCUT2D eigenvalue weighted by molar-refractivity contribution is 0.0612. The number of piperidine rings is 1. The van der Waals surface area contributed by atoms with Gasteiger partial charge in [-0.25, -0.2) is 14.4 Å². The van der Waals surface area contributed by atoms with Crippen molar-refractivity contribution in [3.8, 4) is 0 Å². The second kappa shape index (κ2) is 9.67. The number of hydrogen-bond donors (Lipinski definition) is 2. The number of nitrogens with zero attached hydrogens (tertiary/aromatic N) is 7. The third kappa shape index (κ3) is 4.49. The summed E-state index contributed by atoms with van der Waals surface area (Å²) in [7, 11) is 0. The molecule has 0 aromatic carbocycles. The zero-order chi connectivity index (χ0) is 23.7. The van der Waals surface area contributed by atoms with Crippen LogP contribution in [0.4, 0.5) is 27.8 Å². The summed E-state index contributed by atoms with van der Waals surface area (Å²) < 4.78 is 21.6. The minimum Gasteiger partial charge on any atom is -0.390 e. The maximum Gasteiger partial charge on any atom is 0.227 e. The van der Waals surface area contributed by atoms with Crippen LogP contribution in [0.5, 0.6) is 0 Å². The molecule has 34 heavy (non-hydrogen) atoms. The number of anilines is 4. The van der Waals surface area contributed by atoms with Crippen molar-refractivity contribution in [3.63, 3.8) is 0 Å². The molecular weight excluding hydrogens is 439 g/mol. The van der Waals surface area contributed by atoms with E-state index in [1.807, 2.05) is 12.3 Å². The summed E-state index contributed by atoms with van der Waals surface area (Å²) in [6, 6.07) is 3.99. The number of fused-ring (bicyclic) bond motifs is 1. The van der Waals surface area contributed by atoms with Crippen molar-refractivity contribution in [2.45, 2.75) is 45.0 Å². The van der Waals surface area contributed by atoms with E-state index in [9.17, 15) is 9.50 Å². The van der Waals surface area contributed by atoms with E-state index < -0.39 is 12.3 Å². The van der Waals surface area contributed by atoms with Gasteiger partial charge in [-0.15, -0.1) is 0 Å². The van der Waals surface area contributed by atoms with E-state index in [0.717, 1.165) is 36.2 Å². The first-order valence-corrected chi connectivity index (χ1v) is 11.9. The Hall–Kier alpha value is -3.05. The van der Waals surface area contributed by atoms with Crippen molar-refractivity contribution >= 4 is 34.3 Å². The maximum atomic E-state index is 14.0. The first kappa shape index (κ1) is 22.7. The SMILES string of the molecule is CC[C@@H](C)n1nc(N2CCOCC2)c2cnc(Nc3ccnc(N4CC[C@@H](O)[C@@H](F)C4)n3)cc21. The number of morpholine rings is 1. The first-order chi connectivity index (χ1) is 16.5. The first-order valence-electron chi connectivity index (χ1n) is 11.9. The monoisotopic (exact) mass is 470 g/mol. The number of aromatic nitrogens is 5. The van der Waals surface area contributed by atoms with Crippen molar-refractivity contribution in [3.05, 3.63) is 24.5 Å². The molecule has 5 heterocycles. The Labute approximate surface area is 197 Å². The number of alkyl halides is 1. The van der Waals surface area contributed by atoms with Crippen LogP contribution in [0.25, 0.3) is 10.9 Å². The standard InChI is InChI=1S/C23H31FN8O2/c1-3-15(2)32-18-12-21(26-13-16(18)22(29-32)30-8-10-34-11-9-30)27-20-4-6-25-23(28-20)31-7-5-19(33)17(24)14-31/h4,6,12-13,15,17,19,33H,3,5,7-11,14H2,1-2H3,(H,25,26,27,28)/t15-,17+,19-/m1/s1. The Morgan fingerprint density at radius 1 is 1.21 bits per heavy atom. The van der Waals surface area contributed by atoms with Crippen LogP contribution < -0.4 is 15.1 Å². The van der Waals surface area contributed by atoms with Gasteiger partial charge >= 0.3 is 0 Å². The van der Waals surface area contributed by atoms with Crippen LogP contribution in [-0.2, 0) is 4.74 Å². The normalized spacial score (nSPS) is 22.2. The highest BCUT2D eigenvalue weighted by atomic mass is 19.1. The van der Waals surface area contributed by atoms with Gasteiger partial charge < -0.3 is 25.0 Å². The zero-order valence-corrected chi connectivity index (χ0v) is 19.6. The smallest absolute Gasteiger partial charge is 0.227 e. The summed E-state index contributed by atoms with van der Waals surface area (Å²) in [5.74, 6) is 2.59. The van der Waals surface area contributed by atoms with Gasteiger partial charge in [0.05, 0.1) is 36.8 Å². The van der Waals surface area contributed by atoms with Crippen LogP contribution in [0.2, 0.25) is 0 Å². The lowest BCUT2D eigenvalue weighted by Gasteiger charge is -2.32. The number of rotatable bonds is 6. The third-order valence-electron chi connectivity index (χ3n) is 6.58. The zero-order valence-electron chi connectivity index (χ0n) is 19.6. The molecule has 0 aliphatic carbocycles. The van der Waals surface area contributed by atoms with Gasteiger partial charge in [-0.1, -0.05) is 6.92 Å². The topological polar surface area (TPSA) is 104 Å². The molecule has 2 aliphatic heterocycles. The molecule has 0 bridgehead atoms. The maximum absolute atomic E-state index is 14.0. The van der Waals surface area contributed by atoms with Crippen LogP contribution in [-0.4, -0.2) is 81.5 Å². The second-order valence-electron chi connectivity index (χ2n) is 8.90. The van der Waals surface area contributed by atoms with E-state index >= 15 is 0 Å². The van der Waals surface area contributed by atoms with E-state index in [-0.39, 0.29) is 12.6 Å². The van der Waals surface area contributed by atoms with Crippen molar-refractivity contribution in [2.75, 3.05) is 54.5 Å². The lowest BCUT2D eigenvalue weighted by Crippen LogP contribution is -2.45. The molecule has 3 aromatic heterocycles. The minimum absolute atomic E-state index is 0.0766. The minimum atomic E-state index is -1.31. The van der Waals surface area contributed by atoms with Crippen LogP contribution >= 0.6 is 0 Å². The molecule has 3 atom stereocenters. The average Bonchev–Trinajstić information content (AvgIpc) is 3.25. The van der Waals surface area contributed by atoms with E-state index in [4.69, 9.17) is 9.84 Å². The van der Waals surface area contributed by atoms with Gasteiger partial charge in [-0.2, -0.15) is 10.1 Å². The third-order valence-corrected chi connectivity index (χ3v) is 6.58. The molecule has 10 nitrogen and oxygen atoms in total. The van der Waals surface area contributed by atoms with E-state index in [2.05, 4.69) is 43.7 Å². The Kier molecular flexibility index (Phi) is 6.46. The van der Waals surface area contributed by atoms with Crippen molar-refractivity contribution < 1.29 is 14.2 Å².